The van der Waals surface area contributed by atoms with E-state index in [2.05, 4.69) is 5.32 Å². The molecular formula is C21H15ClFNO3. The van der Waals surface area contributed by atoms with Gasteiger partial charge in [-0.05, 0) is 48.4 Å². The molecule has 27 heavy (non-hydrogen) atoms. The van der Waals surface area contributed by atoms with E-state index in [1.165, 1.54) is 12.1 Å². The highest BCUT2D eigenvalue weighted by atomic mass is 35.5. The molecule has 136 valence electrons. The number of carbonyl (C=O) groups is 2. The first-order chi connectivity index (χ1) is 12.8. The van der Waals surface area contributed by atoms with Crippen molar-refractivity contribution >= 4 is 29.2 Å². The van der Waals surface area contributed by atoms with Gasteiger partial charge in [0.05, 0.1) is 11.3 Å². The van der Waals surface area contributed by atoms with Gasteiger partial charge < -0.3 is 10.4 Å². The van der Waals surface area contributed by atoms with Crippen molar-refractivity contribution in [2.75, 3.05) is 5.32 Å². The number of rotatable bonds is 4. The average Bonchev–Trinajstić information content (AvgIpc) is 2.62. The lowest BCUT2D eigenvalue weighted by atomic mass is 10.0. The largest absolute Gasteiger partial charge is 0.478 e. The van der Waals surface area contributed by atoms with E-state index in [1.807, 2.05) is 0 Å². The van der Waals surface area contributed by atoms with E-state index in [-0.39, 0.29) is 22.4 Å². The molecule has 3 aromatic rings. The van der Waals surface area contributed by atoms with Gasteiger partial charge in [0, 0.05) is 16.1 Å². The van der Waals surface area contributed by atoms with Crippen molar-refractivity contribution in [3.63, 3.8) is 0 Å². The maximum atomic E-state index is 14.4. The highest BCUT2D eigenvalue weighted by Gasteiger charge is 2.18. The van der Waals surface area contributed by atoms with Crippen LogP contribution in [0, 0.1) is 12.7 Å². The van der Waals surface area contributed by atoms with Gasteiger partial charge >= 0.3 is 5.97 Å². The standard InChI is InChI=1S/C21H15ClFNO3/c1-12-7-14(9-15(22)8-12)20(25)24-19-11-16(13-5-3-2-4-6-13)18(23)10-17(19)21(26)27/h2-11H,1H3,(H,24,25)(H,26,27). The Hall–Kier alpha value is -3.18. The van der Waals surface area contributed by atoms with Gasteiger partial charge in [0.2, 0.25) is 0 Å². The zero-order valence-corrected chi connectivity index (χ0v) is 15.0. The molecule has 0 saturated carbocycles. The third kappa shape index (κ3) is 4.15. The third-order valence-electron chi connectivity index (χ3n) is 3.97. The van der Waals surface area contributed by atoms with Gasteiger partial charge in [0.25, 0.3) is 5.91 Å². The number of anilines is 1. The van der Waals surface area contributed by atoms with Crippen molar-refractivity contribution < 1.29 is 19.1 Å². The number of aryl methyl sites for hydroxylation is 1. The molecule has 0 aliphatic heterocycles. The molecule has 0 heterocycles. The molecule has 0 atom stereocenters. The summed E-state index contributed by atoms with van der Waals surface area (Å²) in [5.41, 5.74) is 1.50. The number of nitrogens with one attached hydrogen (secondary N) is 1. The van der Waals surface area contributed by atoms with Crippen LogP contribution < -0.4 is 5.32 Å². The number of amides is 1. The van der Waals surface area contributed by atoms with Crippen molar-refractivity contribution in [2.45, 2.75) is 6.92 Å². The monoisotopic (exact) mass is 383 g/mol. The molecule has 3 aromatic carbocycles. The highest BCUT2D eigenvalue weighted by molar-refractivity contribution is 6.31. The summed E-state index contributed by atoms with van der Waals surface area (Å²) < 4.78 is 14.4. The Morgan fingerprint density at radius 3 is 2.37 bits per heavy atom. The lowest BCUT2D eigenvalue weighted by molar-refractivity contribution is 0.0697. The summed E-state index contributed by atoms with van der Waals surface area (Å²) in [6.45, 7) is 1.79. The zero-order valence-electron chi connectivity index (χ0n) is 14.3. The Kier molecular flexibility index (Phi) is 5.23. The number of hydrogen-bond acceptors (Lipinski definition) is 2. The predicted molar refractivity (Wildman–Crippen MR) is 103 cm³/mol. The van der Waals surface area contributed by atoms with Crippen LogP contribution in [0.15, 0.2) is 60.7 Å². The maximum absolute atomic E-state index is 14.4. The summed E-state index contributed by atoms with van der Waals surface area (Å²) >= 11 is 5.98. The van der Waals surface area contributed by atoms with Gasteiger partial charge in [-0.2, -0.15) is 0 Å². The van der Waals surface area contributed by atoms with Crippen molar-refractivity contribution in [3.05, 3.63) is 88.2 Å². The molecule has 0 unspecified atom stereocenters. The molecule has 6 heteroatoms. The molecule has 4 nitrogen and oxygen atoms in total. The second-order valence-electron chi connectivity index (χ2n) is 6.02. The van der Waals surface area contributed by atoms with Crippen LogP contribution in [-0.4, -0.2) is 17.0 Å². The van der Waals surface area contributed by atoms with Crippen LogP contribution in [-0.2, 0) is 0 Å². The van der Waals surface area contributed by atoms with E-state index in [4.69, 9.17) is 11.6 Å². The number of carbonyl (C=O) groups excluding carboxylic acids is 1. The number of hydrogen-bond donors (Lipinski definition) is 2. The van der Waals surface area contributed by atoms with Gasteiger partial charge in [-0.3, -0.25) is 4.79 Å². The fourth-order valence-corrected chi connectivity index (χ4v) is 3.04. The molecule has 0 aliphatic rings. The summed E-state index contributed by atoms with van der Waals surface area (Å²) in [5.74, 6) is -2.56. The van der Waals surface area contributed by atoms with Crippen LogP contribution in [0.25, 0.3) is 11.1 Å². The Morgan fingerprint density at radius 1 is 1.04 bits per heavy atom. The van der Waals surface area contributed by atoms with Gasteiger partial charge in [-0.25, -0.2) is 9.18 Å². The van der Waals surface area contributed by atoms with E-state index in [9.17, 15) is 19.1 Å². The number of aromatic carboxylic acids is 1. The summed E-state index contributed by atoms with van der Waals surface area (Å²) in [7, 11) is 0. The zero-order chi connectivity index (χ0) is 19.6. The molecule has 0 saturated heterocycles. The highest BCUT2D eigenvalue weighted by Crippen LogP contribution is 2.29. The smallest absolute Gasteiger partial charge is 0.337 e. The number of halogens is 2. The fourth-order valence-electron chi connectivity index (χ4n) is 2.75. The lowest BCUT2D eigenvalue weighted by Crippen LogP contribution is -2.15. The lowest BCUT2D eigenvalue weighted by Gasteiger charge is -2.13. The first-order valence-corrected chi connectivity index (χ1v) is 8.44. The van der Waals surface area contributed by atoms with Gasteiger partial charge in [-0.15, -0.1) is 0 Å². The van der Waals surface area contributed by atoms with Crippen molar-refractivity contribution in [1.29, 1.82) is 0 Å². The molecule has 0 spiro atoms. The minimum atomic E-state index is -1.34. The van der Waals surface area contributed by atoms with Gasteiger partial charge in [-0.1, -0.05) is 41.9 Å². The second-order valence-corrected chi connectivity index (χ2v) is 6.46. The predicted octanol–water partition coefficient (Wildman–Crippen LogP) is 5.41. The molecule has 3 rings (SSSR count). The maximum Gasteiger partial charge on any atom is 0.337 e. The third-order valence-corrected chi connectivity index (χ3v) is 4.19. The van der Waals surface area contributed by atoms with Gasteiger partial charge in [0.15, 0.2) is 0 Å². The van der Waals surface area contributed by atoms with E-state index in [0.717, 1.165) is 11.6 Å². The van der Waals surface area contributed by atoms with E-state index in [0.29, 0.717) is 10.6 Å². The second kappa shape index (κ2) is 7.60. The van der Waals surface area contributed by atoms with E-state index >= 15 is 0 Å². The number of carboxylic acids is 1. The molecule has 0 bridgehead atoms. The Bertz CT molecular complexity index is 1010. The summed E-state index contributed by atoms with van der Waals surface area (Å²) in [5, 5.41) is 12.3. The SMILES string of the molecule is Cc1cc(Cl)cc(C(=O)Nc2cc(-c3ccccc3)c(F)cc2C(=O)O)c1. The summed E-state index contributed by atoms with van der Waals surface area (Å²) in [6.07, 6.45) is 0. The topological polar surface area (TPSA) is 66.4 Å². The average molecular weight is 384 g/mol. The fraction of sp³-hybridized carbons (Fsp3) is 0.0476. The van der Waals surface area contributed by atoms with Crippen LogP contribution >= 0.6 is 11.6 Å². The van der Waals surface area contributed by atoms with E-state index < -0.39 is 17.7 Å². The molecule has 0 radical (unpaired) electrons. The number of carboxylic acid groups (broad SMARTS) is 1. The van der Waals surface area contributed by atoms with Crippen LogP contribution in [0.2, 0.25) is 5.02 Å². The van der Waals surface area contributed by atoms with Crippen molar-refractivity contribution in [2.24, 2.45) is 0 Å². The first kappa shape index (κ1) is 18.6. The molecule has 0 aromatic heterocycles. The normalized spacial score (nSPS) is 10.5. The van der Waals surface area contributed by atoms with Crippen LogP contribution in [0.3, 0.4) is 0 Å². The Labute approximate surface area is 160 Å². The van der Waals surface area contributed by atoms with Crippen LogP contribution in [0.4, 0.5) is 10.1 Å². The van der Waals surface area contributed by atoms with E-state index in [1.54, 1.807) is 49.4 Å². The Balaban J connectivity index is 2.05. The van der Waals surface area contributed by atoms with Crippen molar-refractivity contribution in [1.82, 2.24) is 0 Å². The number of benzene rings is 3. The minimum Gasteiger partial charge on any atom is -0.478 e. The molecular weight excluding hydrogens is 369 g/mol. The van der Waals surface area contributed by atoms with Crippen molar-refractivity contribution in [3.8, 4) is 11.1 Å². The van der Waals surface area contributed by atoms with Gasteiger partial charge in [0.1, 0.15) is 5.82 Å². The molecule has 1 amide bonds. The Morgan fingerprint density at radius 2 is 1.74 bits per heavy atom. The molecule has 0 fully saturated rings. The van der Waals surface area contributed by atoms with Crippen LogP contribution in [0.1, 0.15) is 26.3 Å². The molecule has 0 aliphatic carbocycles. The van der Waals surface area contributed by atoms with Crippen LogP contribution in [0.5, 0.6) is 0 Å². The summed E-state index contributed by atoms with van der Waals surface area (Å²) in [4.78, 5) is 24.1. The summed E-state index contributed by atoms with van der Waals surface area (Å²) in [6, 6.07) is 15.7. The first-order valence-electron chi connectivity index (χ1n) is 8.06. The minimum absolute atomic E-state index is 0.00498. The molecule has 2 N–H and O–H groups in total. The quantitative estimate of drug-likeness (QED) is 0.633.